The van der Waals surface area contributed by atoms with E-state index in [1.54, 1.807) is 59.5 Å². The number of hydrogen-bond acceptors (Lipinski definition) is 4. The number of halogens is 1. The molecule has 6 nitrogen and oxygen atoms in total. The van der Waals surface area contributed by atoms with Gasteiger partial charge in [0.1, 0.15) is 4.90 Å². The number of hydrogen-bond donors (Lipinski definition) is 1. The van der Waals surface area contributed by atoms with Gasteiger partial charge in [-0.3, -0.25) is 9.71 Å². The predicted octanol–water partition coefficient (Wildman–Crippen LogP) is 3.98. The van der Waals surface area contributed by atoms with Gasteiger partial charge in [0.05, 0.1) is 21.9 Å². The zero-order valence-corrected chi connectivity index (χ0v) is 15.8. The van der Waals surface area contributed by atoms with E-state index in [1.807, 2.05) is 18.3 Å². The standard InChI is InChI=1S/C18H13BrN4O2S/c19-14-11-21-23(12-14)16-8-6-15(7-9-16)22-26(24,25)17-5-1-3-13-4-2-10-20-18(13)17/h1-12,22H. The van der Waals surface area contributed by atoms with Crippen LogP contribution in [-0.4, -0.2) is 23.2 Å². The summed E-state index contributed by atoms with van der Waals surface area (Å²) < 4.78 is 30.8. The number of fused-ring (bicyclic) bond motifs is 1. The molecule has 4 aromatic rings. The maximum absolute atomic E-state index is 12.8. The van der Waals surface area contributed by atoms with E-state index in [2.05, 4.69) is 30.7 Å². The zero-order chi connectivity index (χ0) is 18.1. The number of nitrogens with one attached hydrogen (secondary N) is 1. The Morgan fingerprint density at radius 2 is 1.77 bits per heavy atom. The molecule has 4 rings (SSSR count). The van der Waals surface area contributed by atoms with Crippen LogP contribution in [0.15, 0.2) is 82.6 Å². The molecule has 26 heavy (non-hydrogen) atoms. The van der Waals surface area contributed by atoms with Gasteiger partial charge in [-0.1, -0.05) is 18.2 Å². The van der Waals surface area contributed by atoms with Crippen molar-refractivity contribution in [2.75, 3.05) is 4.72 Å². The summed E-state index contributed by atoms with van der Waals surface area (Å²) in [6.45, 7) is 0. The SMILES string of the molecule is O=S(=O)(Nc1ccc(-n2cc(Br)cn2)cc1)c1cccc2cccnc12. The summed E-state index contributed by atoms with van der Waals surface area (Å²) in [6.07, 6.45) is 5.09. The number of aromatic nitrogens is 3. The van der Waals surface area contributed by atoms with E-state index >= 15 is 0 Å². The van der Waals surface area contributed by atoms with Gasteiger partial charge < -0.3 is 0 Å². The topological polar surface area (TPSA) is 76.9 Å². The van der Waals surface area contributed by atoms with Crippen molar-refractivity contribution in [1.29, 1.82) is 0 Å². The molecule has 130 valence electrons. The van der Waals surface area contributed by atoms with Crippen LogP contribution in [0.1, 0.15) is 0 Å². The summed E-state index contributed by atoms with van der Waals surface area (Å²) in [7, 11) is -3.76. The number of sulfonamides is 1. The van der Waals surface area contributed by atoms with E-state index in [1.165, 1.54) is 0 Å². The van der Waals surface area contributed by atoms with Crippen molar-refractivity contribution in [3.05, 3.63) is 77.7 Å². The normalized spacial score (nSPS) is 11.6. The van der Waals surface area contributed by atoms with Crippen molar-refractivity contribution in [3.8, 4) is 5.69 Å². The molecule has 0 aliphatic heterocycles. The van der Waals surface area contributed by atoms with Gasteiger partial charge in [0.15, 0.2) is 0 Å². The van der Waals surface area contributed by atoms with E-state index in [0.29, 0.717) is 11.2 Å². The van der Waals surface area contributed by atoms with Crippen LogP contribution in [0.2, 0.25) is 0 Å². The van der Waals surface area contributed by atoms with Crippen LogP contribution in [0.25, 0.3) is 16.6 Å². The first-order valence-electron chi connectivity index (χ1n) is 7.70. The second-order valence-corrected chi connectivity index (χ2v) is 8.15. The van der Waals surface area contributed by atoms with Gasteiger partial charge in [-0.2, -0.15) is 5.10 Å². The molecule has 0 saturated heterocycles. The van der Waals surface area contributed by atoms with Gasteiger partial charge in [-0.25, -0.2) is 13.1 Å². The fraction of sp³-hybridized carbons (Fsp3) is 0. The first-order valence-corrected chi connectivity index (χ1v) is 9.98. The molecule has 0 aliphatic rings. The molecule has 0 unspecified atom stereocenters. The van der Waals surface area contributed by atoms with Gasteiger partial charge in [0.25, 0.3) is 10.0 Å². The van der Waals surface area contributed by atoms with Crippen molar-refractivity contribution < 1.29 is 8.42 Å². The lowest BCUT2D eigenvalue weighted by Gasteiger charge is -2.10. The number of benzene rings is 2. The highest BCUT2D eigenvalue weighted by molar-refractivity contribution is 9.10. The maximum atomic E-state index is 12.8. The highest BCUT2D eigenvalue weighted by Gasteiger charge is 2.18. The van der Waals surface area contributed by atoms with Gasteiger partial charge in [0, 0.05) is 23.5 Å². The molecule has 0 spiro atoms. The molecule has 2 heterocycles. The molecule has 0 aliphatic carbocycles. The summed E-state index contributed by atoms with van der Waals surface area (Å²) in [5.41, 5.74) is 1.74. The van der Waals surface area contributed by atoms with Crippen LogP contribution in [0.3, 0.4) is 0 Å². The van der Waals surface area contributed by atoms with Crippen molar-refractivity contribution in [2.24, 2.45) is 0 Å². The van der Waals surface area contributed by atoms with Crippen molar-refractivity contribution in [3.63, 3.8) is 0 Å². The van der Waals surface area contributed by atoms with E-state index in [9.17, 15) is 8.42 Å². The Hall–Kier alpha value is -2.71. The molecular formula is C18H13BrN4O2S. The number of nitrogens with zero attached hydrogens (tertiary/aromatic N) is 3. The van der Waals surface area contributed by atoms with Crippen LogP contribution in [0.5, 0.6) is 0 Å². The van der Waals surface area contributed by atoms with Crippen molar-refractivity contribution in [2.45, 2.75) is 4.90 Å². The van der Waals surface area contributed by atoms with E-state index in [4.69, 9.17) is 0 Å². The second-order valence-electron chi connectivity index (χ2n) is 5.59. The summed E-state index contributed by atoms with van der Waals surface area (Å²) in [5.74, 6) is 0. The Balaban J connectivity index is 1.65. The minimum absolute atomic E-state index is 0.149. The third kappa shape index (κ3) is 3.21. The van der Waals surface area contributed by atoms with Crippen LogP contribution < -0.4 is 4.72 Å². The average Bonchev–Trinajstić information content (AvgIpc) is 3.08. The molecule has 0 fully saturated rings. The molecule has 0 amide bonds. The molecule has 0 saturated carbocycles. The maximum Gasteiger partial charge on any atom is 0.264 e. The van der Waals surface area contributed by atoms with Gasteiger partial charge in [0.2, 0.25) is 0 Å². The number of rotatable bonds is 4. The minimum Gasteiger partial charge on any atom is -0.280 e. The Morgan fingerprint density at radius 3 is 2.50 bits per heavy atom. The van der Waals surface area contributed by atoms with E-state index < -0.39 is 10.0 Å². The highest BCUT2D eigenvalue weighted by atomic mass is 79.9. The minimum atomic E-state index is -3.76. The largest absolute Gasteiger partial charge is 0.280 e. The quantitative estimate of drug-likeness (QED) is 0.533. The third-order valence-electron chi connectivity index (χ3n) is 3.82. The summed E-state index contributed by atoms with van der Waals surface area (Å²) in [6, 6.07) is 15.7. The molecule has 8 heteroatoms. The summed E-state index contributed by atoms with van der Waals surface area (Å²) >= 11 is 3.35. The highest BCUT2D eigenvalue weighted by Crippen LogP contribution is 2.24. The molecule has 1 N–H and O–H groups in total. The molecule has 2 aromatic carbocycles. The Kier molecular flexibility index (Phi) is 4.21. The lowest BCUT2D eigenvalue weighted by atomic mass is 10.2. The lowest BCUT2D eigenvalue weighted by Crippen LogP contribution is -2.13. The lowest BCUT2D eigenvalue weighted by molar-refractivity contribution is 0.602. The van der Waals surface area contributed by atoms with E-state index in [0.717, 1.165) is 15.5 Å². The summed E-state index contributed by atoms with van der Waals surface area (Å²) in [5, 5.41) is 4.97. The Labute approximate surface area is 158 Å². The molecule has 0 bridgehead atoms. The first kappa shape index (κ1) is 16.7. The van der Waals surface area contributed by atoms with Gasteiger partial charge >= 0.3 is 0 Å². The molecular weight excluding hydrogens is 416 g/mol. The average molecular weight is 429 g/mol. The van der Waals surface area contributed by atoms with Crippen molar-refractivity contribution in [1.82, 2.24) is 14.8 Å². The Morgan fingerprint density at radius 1 is 1.00 bits per heavy atom. The second kappa shape index (κ2) is 6.54. The third-order valence-corrected chi connectivity index (χ3v) is 5.64. The number of pyridine rings is 1. The zero-order valence-electron chi connectivity index (χ0n) is 13.4. The van der Waals surface area contributed by atoms with Crippen LogP contribution in [0.4, 0.5) is 5.69 Å². The molecule has 2 aromatic heterocycles. The Bertz CT molecular complexity index is 1180. The fourth-order valence-electron chi connectivity index (χ4n) is 2.63. The monoisotopic (exact) mass is 428 g/mol. The van der Waals surface area contributed by atoms with Crippen LogP contribution in [0, 0.1) is 0 Å². The fourth-order valence-corrected chi connectivity index (χ4v) is 4.15. The molecule has 0 atom stereocenters. The summed E-state index contributed by atoms with van der Waals surface area (Å²) in [4.78, 5) is 4.36. The predicted molar refractivity (Wildman–Crippen MR) is 104 cm³/mol. The smallest absolute Gasteiger partial charge is 0.264 e. The first-order chi connectivity index (χ1) is 12.5. The van der Waals surface area contributed by atoms with Crippen molar-refractivity contribution >= 4 is 42.5 Å². The van der Waals surface area contributed by atoms with Crippen LogP contribution in [-0.2, 0) is 10.0 Å². The molecule has 0 radical (unpaired) electrons. The number of para-hydroxylation sites is 1. The number of anilines is 1. The van der Waals surface area contributed by atoms with Gasteiger partial charge in [-0.05, 0) is 52.3 Å². The van der Waals surface area contributed by atoms with Gasteiger partial charge in [-0.15, -0.1) is 0 Å². The van der Waals surface area contributed by atoms with Crippen LogP contribution >= 0.6 is 15.9 Å². The van der Waals surface area contributed by atoms with E-state index in [-0.39, 0.29) is 4.90 Å².